The zero-order valence-corrected chi connectivity index (χ0v) is 11.9. The number of morpholine rings is 1. The van der Waals surface area contributed by atoms with Crippen LogP contribution in [0.1, 0.15) is 4.88 Å². The van der Waals surface area contributed by atoms with E-state index < -0.39 is 0 Å². The van der Waals surface area contributed by atoms with E-state index in [-0.39, 0.29) is 0 Å². The number of hydrogen-bond donors (Lipinski definition) is 0. The Kier molecular flexibility index (Phi) is 3.47. The first-order valence-corrected chi connectivity index (χ1v) is 7.41. The van der Waals surface area contributed by atoms with Crippen molar-refractivity contribution in [2.75, 3.05) is 26.3 Å². The van der Waals surface area contributed by atoms with Crippen LogP contribution in [0.15, 0.2) is 28.7 Å². The van der Waals surface area contributed by atoms with E-state index in [0.717, 1.165) is 32.8 Å². The van der Waals surface area contributed by atoms with Gasteiger partial charge in [0.15, 0.2) is 0 Å². The summed E-state index contributed by atoms with van der Waals surface area (Å²) in [6, 6.07) is 8.70. The predicted octanol–water partition coefficient (Wildman–Crippen LogP) is 3.50. The highest BCUT2D eigenvalue weighted by atomic mass is 79.9. The number of nitrogens with zero attached hydrogens (tertiary/aromatic N) is 1. The largest absolute Gasteiger partial charge is 0.379 e. The summed E-state index contributed by atoms with van der Waals surface area (Å²) in [6.45, 7) is 4.89. The minimum Gasteiger partial charge on any atom is -0.379 e. The summed E-state index contributed by atoms with van der Waals surface area (Å²) in [5, 5.41) is 1.33. The summed E-state index contributed by atoms with van der Waals surface area (Å²) in [4.78, 5) is 3.90. The lowest BCUT2D eigenvalue weighted by Gasteiger charge is -2.25. The molecule has 0 spiro atoms. The van der Waals surface area contributed by atoms with Crippen molar-refractivity contribution in [3.8, 4) is 0 Å². The maximum atomic E-state index is 5.37. The Balaban J connectivity index is 1.83. The summed E-state index contributed by atoms with van der Waals surface area (Å²) >= 11 is 5.50. The molecule has 4 heteroatoms. The van der Waals surface area contributed by atoms with Crippen molar-refractivity contribution in [1.82, 2.24) is 4.90 Å². The summed E-state index contributed by atoms with van der Waals surface area (Å²) in [5.74, 6) is 0. The van der Waals surface area contributed by atoms with E-state index in [1.165, 1.54) is 19.4 Å². The standard InChI is InChI=1S/C13H14BrNOS/c14-12-2-1-3-13-11(12)8-10(17-13)9-15-4-6-16-7-5-15/h1-3,8H,4-7,9H2. The third-order valence-electron chi connectivity index (χ3n) is 3.04. The molecule has 90 valence electrons. The number of benzene rings is 1. The molecular formula is C13H14BrNOS. The second-order valence-electron chi connectivity index (χ2n) is 4.25. The van der Waals surface area contributed by atoms with Crippen LogP contribution in [-0.4, -0.2) is 31.2 Å². The zero-order valence-electron chi connectivity index (χ0n) is 9.49. The maximum Gasteiger partial charge on any atom is 0.0594 e. The lowest BCUT2D eigenvalue weighted by Crippen LogP contribution is -2.35. The maximum absolute atomic E-state index is 5.37. The SMILES string of the molecule is Brc1cccc2sc(CN3CCOCC3)cc12. The lowest BCUT2D eigenvalue weighted by molar-refractivity contribution is 0.0346. The molecule has 2 aromatic rings. The molecule has 0 amide bonds. The Morgan fingerprint density at radius 2 is 2.12 bits per heavy atom. The molecular weight excluding hydrogens is 298 g/mol. The molecule has 17 heavy (non-hydrogen) atoms. The smallest absolute Gasteiger partial charge is 0.0594 e. The van der Waals surface area contributed by atoms with Crippen molar-refractivity contribution in [2.24, 2.45) is 0 Å². The fourth-order valence-corrected chi connectivity index (χ4v) is 3.88. The van der Waals surface area contributed by atoms with Gasteiger partial charge in [0.1, 0.15) is 0 Å². The fraction of sp³-hybridized carbons (Fsp3) is 0.385. The van der Waals surface area contributed by atoms with E-state index >= 15 is 0 Å². The van der Waals surface area contributed by atoms with Gasteiger partial charge in [-0.05, 0) is 18.2 Å². The molecule has 1 fully saturated rings. The van der Waals surface area contributed by atoms with Gasteiger partial charge in [-0.2, -0.15) is 0 Å². The van der Waals surface area contributed by atoms with Gasteiger partial charge >= 0.3 is 0 Å². The van der Waals surface area contributed by atoms with Gasteiger partial charge in [0, 0.05) is 39.1 Å². The van der Waals surface area contributed by atoms with Crippen molar-refractivity contribution in [3.05, 3.63) is 33.6 Å². The Hall–Kier alpha value is -0.420. The van der Waals surface area contributed by atoms with Crippen molar-refractivity contribution in [3.63, 3.8) is 0 Å². The van der Waals surface area contributed by atoms with Crippen molar-refractivity contribution in [2.45, 2.75) is 6.54 Å². The average Bonchev–Trinajstić information content (AvgIpc) is 2.74. The molecule has 1 aliphatic rings. The summed E-state index contributed by atoms with van der Waals surface area (Å²) in [5.41, 5.74) is 0. The topological polar surface area (TPSA) is 12.5 Å². The van der Waals surface area contributed by atoms with Crippen LogP contribution in [0.3, 0.4) is 0 Å². The molecule has 2 nitrogen and oxygen atoms in total. The monoisotopic (exact) mass is 311 g/mol. The van der Waals surface area contributed by atoms with E-state index in [0.29, 0.717) is 0 Å². The molecule has 2 heterocycles. The normalized spacial score (nSPS) is 17.7. The molecule has 3 rings (SSSR count). The molecule has 0 atom stereocenters. The van der Waals surface area contributed by atoms with Gasteiger partial charge in [-0.25, -0.2) is 0 Å². The number of ether oxygens (including phenoxy) is 1. The second-order valence-corrected chi connectivity index (χ2v) is 6.28. The molecule has 1 aromatic heterocycles. The zero-order chi connectivity index (χ0) is 11.7. The van der Waals surface area contributed by atoms with Gasteiger partial charge in [0.05, 0.1) is 13.2 Å². The van der Waals surface area contributed by atoms with Gasteiger partial charge in [0.2, 0.25) is 0 Å². The van der Waals surface area contributed by atoms with E-state index in [4.69, 9.17) is 4.74 Å². The molecule has 1 saturated heterocycles. The molecule has 0 saturated carbocycles. The van der Waals surface area contributed by atoms with Gasteiger partial charge < -0.3 is 4.74 Å². The Labute approximate surface area is 113 Å². The molecule has 1 aliphatic heterocycles. The lowest BCUT2D eigenvalue weighted by atomic mass is 10.2. The third-order valence-corrected chi connectivity index (χ3v) is 4.82. The van der Waals surface area contributed by atoms with Crippen molar-refractivity contribution < 1.29 is 4.74 Å². The number of hydrogen-bond acceptors (Lipinski definition) is 3. The first-order valence-electron chi connectivity index (χ1n) is 5.80. The number of halogens is 1. The molecule has 0 aliphatic carbocycles. The van der Waals surface area contributed by atoms with Crippen LogP contribution in [-0.2, 0) is 11.3 Å². The molecule has 0 N–H and O–H groups in total. The van der Waals surface area contributed by atoms with Crippen LogP contribution in [0.5, 0.6) is 0 Å². The average molecular weight is 312 g/mol. The second kappa shape index (κ2) is 5.06. The van der Waals surface area contributed by atoms with Crippen LogP contribution in [0.25, 0.3) is 10.1 Å². The quantitative estimate of drug-likeness (QED) is 0.841. The Morgan fingerprint density at radius 3 is 2.88 bits per heavy atom. The van der Waals surface area contributed by atoms with Gasteiger partial charge in [0.25, 0.3) is 0 Å². The molecule has 0 radical (unpaired) electrons. The van der Waals surface area contributed by atoms with Crippen LogP contribution in [0.4, 0.5) is 0 Å². The van der Waals surface area contributed by atoms with E-state index in [2.05, 4.69) is 45.1 Å². The number of rotatable bonds is 2. The Morgan fingerprint density at radius 1 is 1.29 bits per heavy atom. The van der Waals surface area contributed by atoms with Gasteiger partial charge in [-0.1, -0.05) is 22.0 Å². The minimum atomic E-state index is 0.870. The van der Waals surface area contributed by atoms with Crippen LogP contribution in [0.2, 0.25) is 0 Å². The predicted molar refractivity (Wildman–Crippen MR) is 75.6 cm³/mol. The highest BCUT2D eigenvalue weighted by Crippen LogP contribution is 2.31. The van der Waals surface area contributed by atoms with Crippen molar-refractivity contribution >= 4 is 37.4 Å². The first kappa shape index (κ1) is 11.7. The van der Waals surface area contributed by atoms with Crippen LogP contribution in [0, 0.1) is 0 Å². The number of fused-ring (bicyclic) bond motifs is 1. The van der Waals surface area contributed by atoms with Gasteiger partial charge in [-0.15, -0.1) is 11.3 Å². The van der Waals surface area contributed by atoms with E-state index in [9.17, 15) is 0 Å². The summed E-state index contributed by atoms with van der Waals surface area (Å²) < 4.78 is 7.93. The van der Waals surface area contributed by atoms with Gasteiger partial charge in [-0.3, -0.25) is 4.90 Å². The molecule has 1 aromatic carbocycles. The summed E-state index contributed by atoms with van der Waals surface area (Å²) in [6.07, 6.45) is 0. The van der Waals surface area contributed by atoms with E-state index in [1.54, 1.807) is 0 Å². The van der Waals surface area contributed by atoms with Crippen LogP contribution < -0.4 is 0 Å². The summed E-state index contributed by atoms with van der Waals surface area (Å²) in [7, 11) is 0. The molecule has 0 unspecified atom stereocenters. The first-order chi connectivity index (χ1) is 8.33. The van der Waals surface area contributed by atoms with Crippen LogP contribution >= 0.6 is 27.3 Å². The van der Waals surface area contributed by atoms with Crippen molar-refractivity contribution in [1.29, 1.82) is 0 Å². The Bertz CT molecular complexity index is 519. The third kappa shape index (κ3) is 2.55. The molecule has 0 bridgehead atoms. The minimum absolute atomic E-state index is 0.870. The van der Waals surface area contributed by atoms with E-state index in [1.807, 2.05) is 11.3 Å². The highest BCUT2D eigenvalue weighted by Gasteiger charge is 2.12. The highest BCUT2D eigenvalue weighted by molar-refractivity contribution is 9.10. The fourth-order valence-electron chi connectivity index (χ4n) is 2.14. The number of thiophene rings is 1.